The van der Waals surface area contributed by atoms with Gasteiger partial charge in [-0.2, -0.15) is 0 Å². The van der Waals surface area contributed by atoms with E-state index in [2.05, 4.69) is 34.5 Å². The van der Waals surface area contributed by atoms with Crippen molar-refractivity contribution in [3.63, 3.8) is 0 Å². The minimum atomic E-state index is 0.697. The number of aromatic nitrogens is 1. The highest BCUT2D eigenvalue weighted by Crippen LogP contribution is 1.98. The standard InChI is InChI=1S/C14H24N4/c1-11(2)8-9-16-14(15-4)17-10-13-7-5-6-12(3)18-13/h5-7,11H,8-10H2,1-4H3,(H2,15,16,17). The highest BCUT2D eigenvalue weighted by Gasteiger charge is 2.00. The lowest BCUT2D eigenvalue weighted by Gasteiger charge is -2.12. The molecule has 0 radical (unpaired) electrons. The second-order valence-corrected chi connectivity index (χ2v) is 4.81. The molecule has 1 aromatic rings. The summed E-state index contributed by atoms with van der Waals surface area (Å²) in [6, 6.07) is 6.04. The predicted octanol–water partition coefficient (Wildman–Crippen LogP) is 2.10. The highest BCUT2D eigenvalue weighted by molar-refractivity contribution is 5.79. The van der Waals surface area contributed by atoms with Gasteiger partial charge in [0.2, 0.25) is 0 Å². The monoisotopic (exact) mass is 248 g/mol. The van der Waals surface area contributed by atoms with Gasteiger partial charge in [0, 0.05) is 19.3 Å². The fourth-order valence-corrected chi connectivity index (χ4v) is 1.57. The van der Waals surface area contributed by atoms with Crippen LogP contribution in [0.2, 0.25) is 0 Å². The Labute approximate surface area is 110 Å². The van der Waals surface area contributed by atoms with E-state index in [-0.39, 0.29) is 0 Å². The molecule has 0 atom stereocenters. The number of guanidine groups is 1. The van der Waals surface area contributed by atoms with E-state index in [0.29, 0.717) is 12.5 Å². The Morgan fingerprint density at radius 1 is 1.33 bits per heavy atom. The Morgan fingerprint density at radius 2 is 2.11 bits per heavy atom. The highest BCUT2D eigenvalue weighted by atomic mass is 15.2. The van der Waals surface area contributed by atoms with Crippen molar-refractivity contribution in [3.05, 3.63) is 29.6 Å². The summed E-state index contributed by atoms with van der Waals surface area (Å²) in [5, 5.41) is 6.56. The molecule has 0 aromatic carbocycles. The lowest BCUT2D eigenvalue weighted by molar-refractivity contribution is 0.573. The molecule has 0 bridgehead atoms. The van der Waals surface area contributed by atoms with Gasteiger partial charge in [-0.25, -0.2) is 0 Å². The summed E-state index contributed by atoms with van der Waals surface area (Å²) in [5.74, 6) is 1.54. The maximum atomic E-state index is 4.44. The minimum Gasteiger partial charge on any atom is -0.356 e. The minimum absolute atomic E-state index is 0.697. The van der Waals surface area contributed by atoms with Gasteiger partial charge in [-0.15, -0.1) is 0 Å². The van der Waals surface area contributed by atoms with Crippen molar-refractivity contribution in [3.8, 4) is 0 Å². The molecule has 4 heteroatoms. The number of rotatable bonds is 5. The quantitative estimate of drug-likeness (QED) is 0.620. The van der Waals surface area contributed by atoms with E-state index in [1.54, 1.807) is 7.05 Å². The normalized spacial score (nSPS) is 11.7. The second-order valence-electron chi connectivity index (χ2n) is 4.81. The molecule has 0 spiro atoms. The third-order valence-corrected chi connectivity index (χ3v) is 2.62. The van der Waals surface area contributed by atoms with Gasteiger partial charge in [-0.05, 0) is 31.4 Å². The number of nitrogens with zero attached hydrogens (tertiary/aromatic N) is 2. The molecule has 0 aliphatic rings. The molecule has 0 aliphatic heterocycles. The fraction of sp³-hybridized carbons (Fsp3) is 0.571. The van der Waals surface area contributed by atoms with Crippen LogP contribution in [-0.4, -0.2) is 24.5 Å². The predicted molar refractivity (Wildman–Crippen MR) is 76.6 cm³/mol. The van der Waals surface area contributed by atoms with Crippen LogP contribution in [0.15, 0.2) is 23.2 Å². The van der Waals surface area contributed by atoms with Gasteiger partial charge in [0.05, 0.1) is 12.2 Å². The van der Waals surface area contributed by atoms with Crippen LogP contribution in [0.4, 0.5) is 0 Å². The van der Waals surface area contributed by atoms with Crippen molar-refractivity contribution in [2.75, 3.05) is 13.6 Å². The largest absolute Gasteiger partial charge is 0.356 e. The van der Waals surface area contributed by atoms with E-state index >= 15 is 0 Å². The zero-order chi connectivity index (χ0) is 13.4. The summed E-state index contributed by atoms with van der Waals surface area (Å²) in [5.41, 5.74) is 2.07. The van der Waals surface area contributed by atoms with Gasteiger partial charge < -0.3 is 10.6 Å². The Kier molecular flexibility index (Phi) is 6.19. The van der Waals surface area contributed by atoms with E-state index in [1.165, 1.54) is 0 Å². The summed E-state index contributed by atoms with van der Waals surface area (Å²) in [6.07, 6.45) is 1.14. The number of pyridine rings is 1. The zero-order valence-corrected chi connectivity index (χ0v) is 11.8. The molecule has 2 N–H and O–H groups in total. The van der Waals surface area contributed by atoms with Gasteiger partial charge >= 0.3 is 0 Å². The average Bonchev–Trinajstić information content (AvgIpc) is 2.33. The fourth-order valence-electron chi connectivity index (χ4n) is 1.57. The Bertz CT molecular complexity index is 385. The summed E-state index contributed by atoms with van der Waals surface area (Å²) < 4.78 is 0. The smallest absolute Gasteiger partial charge is 0.191 e. The molecule has 0 saturated carbocycles. The van der Waals surface area contributed by atoms with Crippen LogP contribution in [0.5, 0.6) is 0 Å². The van der Waals surface area contributed by atoms with Crippen LogP contribution < -0.4 is 10.6 Å². The van der Waals surface area contributed by atoms with Crippen molar-refractivity contribution in [1.29, 1.82) is 0 Å². The average molecular weight is 248 g/mol. The molecular formula is C14H24N4. The number of hydrogen-bond acceptors (Lipinski definition) is 2. The lowest BCUT2D eigenvalue weighted by Crippen LogP contribution is -2.37. The third kappa shape index (κ3) is 5.66. The van der Waals surface area contributed by atoms with Crippen LogP contribution in [0.25, 0.3) is 0 Å². The van der Waals surface area contributed by atoms with Gasteiger partial charge in [-0.3, -0.25) is 9.98 Å². The number of nitrogens with one attached hydrogen (secondary N) is 2. The second kappa shape index (κ2) is 7.69. The summed E-state index contributed by atoms with van der Waals surface area (Å²) in [4.78, 5) is 8.63. The molecule has 1 heterocycles. The number of hydrogen-bond donors (Lipinski definition) is 2. The first-order chi connectivity index (χ1) is 8.61. The Morgan fingerprint density at radius 3 is 2.72 bits per heavy atom. The van der Waals surface area contributed by atoms with E-state index < -0.39 is 0 Å². The van der Waals surface area contributed by atoms with Crippen molar-refractivity contribution in [2.24, 2.45) is 10.9 Å². The van der Waals surface area contributed by atoms with Crippen molar-refractivity contribution in [2.45, 2.75) is 33.7 Å². The van der Waals surface area contributed by atoms with Crippen LogP contribution in [0.3, 0.4) is 0 Å². The Hall–Kier alpha value is -1.58. The lowest BCUT2D eigenvalue weighted by atomic mass is 10.1. The first-order valence-electron chi connectivity index (χ1n) is 6.49. The molecule has 100 valence electrons. The van der Waals surface area contributed by atoms with E-state index in [1.807, 2.05) is 25.1 Å². The van der Waals surface area contributed by atoms with E-state index in [9.17, 15) is 0 Å². The van der Waals surface area contributed by atoms with Gasteiger partial charge in [-0.1, -0.05) is 19.9 Å². The van der Waals surface area contributed by atoms with E-state index in [4.69, 9.17) is 0 Å². The zero-order valence-electron chi connectivity index (χ0n) is 11.8. The summed E-state index contributed by atoms with van der Waals surface area (Å²) in [6.45, 7) is 8.07. The van der Waals surface area contributed by atoms with Gasteiger partial charge in [0.25, 0.3) is 0 Å². The Balaban J connectivity index is 2.36. The van der Waals surface area contributed by atoms with E-state index in [0.717, 1.165) is 30.3 Å². The summed E-state index contributed by atoms with van der Waals surface area (Å²) in [7, 11) is 1.79. The number of aliphatic imine (C=N–C) groups is 1. The molecule has 0 fully saturated rings. The molecule has 0 saturated heterocycles. The first-order valence-corrected chi connectivity index (χ1v) is 6.49. The SMILES string of the molecule is CN=C(NCCC(C)C)NCc1cccc(C)n1. The first kappa shape index (κ1) is 14.5. The maximum absolute atomic E-state index is 4.44. The molecule has 1 rings (SSSR count). The van der Waals surface area contributed by atoms with Crippen LogP contribution in [0.1, 0.15) is 31.7 Å². The van der Waals surface area contributed by atoms with Crippen LogP contribution >= 0.6 is 0 Å². The molecule has 0 aliphatic carbocycles. The molecule has 1 aromatic heterocycles. The van der Waals surface area contributed by atoms with Crippen molar-refractivity contribution in [1.82, 2.24) is 15.6 Å². The van der Waals surface area contributed by atoms with Crippen LogP contribution in [-0.2, 0) is 6.54 Å². The van der Waals surface area contributed by atoms with Gasteiger partial charge in [0.15, 0.2) is 5.96 Å². The topological polar surface area (TPSA) is 49.3 Å². The molecule has 0 amide bonds. The van der Waals surface area contributed by atoms with Crippen LogP contribution in [0, 0.1) is 12.8 Å². The molecule has 18 heavy (non-hydrogen) atoms. The third-order valence-electron chi connectivity index (χ3n) is 2.62. The molecular weight excluding hydrogens is 224 g/mol. The number of aryl methyl sites for hydroxylation is 1. The molecule has 4 nitrogen and oxygen atoms in total. The van der Waals surface area contributed by atoms with Crippen molar-refractivity contribution < 1.29 is 0 Å². The summed E-state index contributed by atoms with van der Waals surface area (Å²) >= 11 is 0. The maximum Gasteiger partial charge on any atom is 0.191 e. The van der Waals surface area contributed by atoms with Gasteiger partial charge in [0.1, 0.15) is 0 Å². The molecule has 0 unspecified atom stereocenters. The van der Waals surface area contributed by atoms with Crippen molar-refractivity contribution >= 4 is 5.96 Å².